The molecular formula is C14H20BrN3. The van der Waals surface area contributed by atoms with E-state index in [2.05, 4.69) is 36.8 Å². The van der Waals surface area contributed by atoms with Crippen LogP contribution in [0, 0.1) is 0 Å². The minimum absolute atomic E-state index is 0.755. The van der Waals surface area contributed by atoms with E-state index in [0.29, 0.717) is 0 Å². The third-order valence-electron chi connectivity index (χ3n) is 4.16. The first-order valence-corrected chi connectivity index (χ1v) is 7.72. The summed E-state index contributed by atoms with van der Waals surface area (Å²) in [5.41, 5.74) is 1.30. The monoisotopic (exact) mass is 309 g/mol. The third kappa shape index (κ3) is 2.54. The van der Waals surface area contributed by atoms with Crippen LogP contribution in [-0.2, 0) is 0 Å². The molecule has 2 aliphatic rings. The molecule has 3 rings (SSSR count). The lowest BCUT2D eigenvalue weighted by atomic mass is 10.1. The smallest absolute Gasteiger partial charge is 0.0592 e. The minimum atomic E-state index is 0.755. The molecule has 1 unspecified atom stereocenters. The Morgan fingerprint density at radius 2 is 2.00 bits per heavy atom. The topological polar surface area (TPSA) is 19.4 Å². The van der Waals surface area contributed by atoms with E-state index in [-0.39, 0.29) is 0 Å². The summed E-state index contributed by atoms with van der Waals surface area (Å²) in [6.07, 6.45) is 9.26. The van der Waals surface area contributed by atoms with Crippen LogP contribution in [0.2, 0.25) is 0 Å². The van der Waals surface area contributed by atoms with Crippen molar-refractivity contribution >= 4 is 21.6 Å². The molecule has 18 heavy (non-hydrogen) atoms. The fourth-order valence-corrected chi connectivity index (χ4v) is 3.67. The largest absolute Gasteiger partial charge is 0.369 e. The molecule has 2 saturated heterocycles. The molecule has 0 radical (unpaired) electrons. The summed E-state index contributed by atoms with van der Waals surface area (Å²) in [6.45, 7) is 4.94. The molecule has 98 valence electrons. The maximum absolute atomic E-state index is 4.14. The second-order valence-electron chi connectivity index (χ2n) is 5.31. The lowest BCUT2D eigenvalue weighted by molar-refractivity contribution is 0.175. The van der Waals surface area contributed by atoms with Crippen LogP contribution in [0.25, 0.3) is 0 Å². The van der Waals surface area contributed by atoms with Gasteiger partial charge in [-0.3, -0.25) is 9.88 Å². The van der Waals surface area contributed by atoms with E-state index < -0.39 is 0 Å². The fraction of sp³-hybridized carbons (Fsp3) is 0.643. The molecule has 1 atom stereocenters. The summed E-state index contributed by atoms with van der Waals surface area (Å²) < 4.78 is 1.12. The highest BCUT2D eigenvalue weighted by Crippen LogP contribution is 2.29. The van der Waals surface area contributed by atoms with E-state index >= 15 is 0 Å². The van der Waals surface area contributed by atoms with Gasteiger partial charge in [-0.2, -0.15) is 0 Å². The average molecular weight is 310 g/mol. The molecule has 0 bridgehead atoms. The number of halogens is 1. The molecule has 0 aromatic carbocycles. The van der Waals surface area contributed by atoms with Crippen molar-refractivity contribution in [2.45, 2.75) is 31.7 Å². The van der Waals surface area contributed by atoms with E-state index in [4.69, 9.17) is 0 Å². The van der Waals surface area contributed by atoms with Crippen LogP contribution < -0.4 is 4.90 Å². The number of hydrogen-bond donors (Lipinski definition) is 0. The fourth-order valence-electron chi connectivity index (χ4n) is 3.17. The van der Waals surface area contributed by atoms with Gasteiger partial charge in [0, 0.05) is 31.5 Å². The van der Waals surface area contributed by atoms with E-state index in [1.807, 2.05) is 12.4 Å². The Balaban J connectivity index is 1.66. The maximum Gasteiger partial charge on any atom is 0.0592 e. The molecular weight excluding hydrogens is 290 g/mol. The van der Waals surface area contributed by atoms with E-state index in [9.17, 15) is 0 Å². The van der Waals surface area contributed by atoms with Crippen LogP contribution in [0.1, 0.15) is 25.7 Å². The first-order chi connectivity index (χ1) is 8.84. The summed E-state index contributed by atoms with van der Waals surface area (Å²) in [5, 5.41) is 0. The standard InChI is InChI=1S/C14H20BrN3/c15-13-10-16-6-4-14(13)18-9-5-12(11-18)17-7-2-1-3-8-17/h4,6,10,12H,1-3,5,7-9,11H2. The minimum Gasteiger partial charge on any atom is -0.369 e. The number of anilines is 1. The Bertz CT molecular complexity index is 404. The van der Waals surface area contributed by atoms with Crippen molar-refractivity contribution in [1.82, 2.24) is 9.88 Å². The molecule has 1 aromatic rings. The quantitative estimate of drug-likeness (QED) is 0.837. The molecule has 0 N–H and O–H groups in total. The molecule has 4 heteroatoms. The predicted molar refractivity (Wildman–Crippen MR) is 78.0 cm³/mol. The van der Waals surface area contributed by atoms with E-state index in [1.54, 1.807) is 0 Å². The summed E-state index contributed by atoms with van der Waals surface area (Å²) in [7, 11) is 0. The Labute approximate surface area is 117 Å². The number of pyridine rings is 1. The molecule has 0 spiro atoms. The van der Waals surface area contributed by atoms with Gasteiger partial charge in [0.1, 0.15) is 0 Å². The van der Waals surface area contributed by atoms with Crippen molar-refractivity contribution in [1.29, 1.82) is 0 Å². The van der Waals surface area contributed by atoms with Gasteiger partial charge in [-0.05, 0) is 54.3 Å². The molecule has 3 heterocycles. The average Bonchev–Trinajstić information content (AvgIpc) is 2.90. The molecule has 0 saturated carbocycles. The molecule has 1 aromatic heterocycles. The van der Waals surface area contributed by atoms with Crippen LogP contribution in [0.3, 0.4) is 0 Å². The molecule has 2 aliphatic heterocycles. The Hall–Kier alpha value is -0.610. The first kappa shape index (κ1) is 12.4. The van der Waals surface area contributed by atoms with E-state index in [0.717, 1.165) is 10.5 Å². The van der Waals surface area contributed by atoms with Crippen LogP contribution in [0.4, 0.5) is 5.69 Å². The highest BCUT2D eigenvalue weighted by Gasteiger charge is 2.29. The van der Waals surface area contributed by atoms with Crippen LogP contribution in [0.15, 0.2) is 22.9 Å². The third-order valence-corrected chi connectivity index (χ3v) is 4.77. The zero-order valence-corrected chi connectivity index (χ0v) is 12.3. The van der Waals surface area contributed by atoms with Crippen molar-refractivity contribution in [3.63, 3.8) is 0 Å². The number of aromatic nitrogens is 1. The van der Waals surface area contributed by atoms with Crippen molar-refractivity contribution in [3.8, 4) is 0 Å². The van der Waals surface area contributed by atoms with Gasteiger partial charge in [-0.25, -0.2) is 0 Å². The zero-order valence-electron chi connectivity index (χ0n) is 10.7. The summed E-state index contributed by atoms with van der Waals surface area (Å²) >= 11 is 3.60. The van der Waals surface area contributed by atoms with Gasteiger partial charge in [0.05, 0.1) is 10.2 Å². The van der Waals surface area contributed by atoms with Gasteiger partial charge < -0.3 is 4.90 Å². The molecule has 2 fully saturated rings. The molecule has 0 amide bonds. The highest BCUT2D eigenvalue weighted by atomic mass is 79.9. The number of rotatable bonds is 2. The zero-order chi connectivity index (χ0) is 12.4. The van der Waals surface area contributed by atoms with Crippen molar-refractivity contribution < 1.29 is 0 Å². The van der Waals surface area contributed by atoms with Crippen molar-refractivity contribution in [2.24, 2.45) is 0 Å². The number of hydrogen-bond acceptors (Lipinski definition) is 3. The molecule has 0 aliphatic carbocycles. The van der Waals surface area contributed by atoms with Gasteiger partial charge in [0.2, 0.25) is 0 Å². The lowest BCUT2D eigenvalue weighted by Crippen LogP contribution is -2.40. The Morgan fingerprint density at radius 3 is 2.78 bits per heavy atom. The summed E-state index contributed by atoms with van der Waals surface area (Å²) in [5.74, 6) is 0. The van der Waals surface area contributed by atoms with Gasteiger partial charge in [-0.1, -0.05) is 6.42 Å². The normalized spacial score (nSPS) is 25.6. The number of likely N-dealkylation sites (tertiary alicyclic amines) is 1. The van der Waals surface area contributed by atoms with E-state index in [1.165, 1.54) is 57.5 Å². The first-order valence-electron chi connectivity index (χ1n) is 6.93. The predicted octanol–water partition coefficient (Wildman–Crippen LogP) is 2.91. The van der Waals surface area contributed by atoms with Crippen LogP contribution >= 0.6 is 15.9 Å². The summed E-state index contributed by atoms with van der Waals surface area (Å²) in [6, 6.07) is 2.87. The SMILES string of the molecule is Brc1cnccc1N1CCC(N2CCCCC2)C1. The van der Waals surface area contributed by atoms with Gasteiger partial charge in [0.25, 0.3) is 0 Å². The second-order valence-corrected chi connectivity index (χ2v) is 6.17. The van der Waals surface area contributed by atoms with Gasteiger partial charge in [0.15, 0.2) is 0 Å². The number of piperidine rings is 1. The van der Waals surface area contributed by atoms with Crippen molar-refractivity contribution in [3.05, 3.63) is 22.9 Å². The Kier molecular flexibility index (Phi) is 3.85. The highest BCUT2D eigenvalue weighted by molar-refractivity contribution is 9.10. The van der Waals surface area contributed by atoms with Gasteiger partial charge >= 0.3 is 0 Å². The maximum atomic E-state index is 4.14. The van der Waals surface area contributed by atoms with Crippen LogP contribution in [-0.4, -0.2) is 42.1 Å². The van der Waals surface area contributed by atoms with Gasteiger partial charge in [-0.15, -0.1) is 0 Å². The molecule has 3 nitrogen and oxygen atoms in total. The number of nitrogens with zero attached hydrogens (tertiary/aromatic N) is 3. The second kappa shape index (κ2) is 5.57. The summed E-state index contributed by atoms with van der Waals surface area (Å²) in [4.78, 5) is 9.33. The van der Waals surface area contributed by atoms with Crippen molar-refractivity contribution in [2.75, 3.05) is 31.1 Å². The lowest BCUT2D eigenvalue weighted by Gasteiger charge is -2.32. The van der Waals surface area contributed by atoms with Crippen LogP contribution in [0.5, 0.6) is 0 Å². The Morgan fingerprint density at radius 1 is 1.17 bits per heavy atom.